The van der Waals surface area contributed by atoms with Gasteiger partial charge < -0.3 is 10.6 Å². The average Bonchev–Trinajstić information content (AvgIpc) is 2.41. The van der Waals surface area contributed by atoms with Crippen molar-refractivity contribution in [3.8, 4) is 0 Å². The molecule has 2 unspecified atom stereocenters. The number of likely N-dealkylation sites (N-methyl/N-ethyl adjacent to an activating group) is 1. The van der Waals surface area contributed by atoms with Gasteiger partial charge in [-0.25, -0.2) is 0 Å². The summed E-state index contributed by atoms with van der Waals surface area (Å²) in [7, 11) is 1.71. The maximum atomic E-state index is 11.6. The molecule has 0 radical (unpaired) electrons. The fraction of sp³-hybridized carbons (Fsp3) is 0.917. The van der Waals surface area contributed by atoms with Crippen LogP contribution in [0.3, 0.4) is 0 Å². The van der Waals surface area contributed by atoms with Crippen LogP contribution in [0.5, 0.6) is 0 Å². The van der Waals surface area contributed by atoms with Crippen molar-refractivity contribution in [1.29, 1.82) is 0 Å². The molecule has 0 aliphatic carbocycles. The van der Waals surface area contributed by atoms with E-state index in [1.165, 1.54) is 19.3 Å². The van der Waals surface area contributed by atoms with Crippen LogP contribution in [0.25, 0.3) is 0 Å². The van der Waals surface area contributed by atoms with Crippen LogP contribution in [0.4, 0.5) is 0 Å². The van der Waals surface area contributed by atoms with Crippen LogP contribution in [0.1, 0.15) is 39.5 Å². The van der Waals surface area contributed by atoms with Crippen LogP contribution in [0, 0.1) is 11.8 Å². The van der Waals surface area contributed by atoms with Crippen LogP contribution in [0.15, 0.2) is 0 Å². The number of carbonyl (C=O) groups excluding carboxylic acids is 1. The first-order valence-corrected chi connectivity index (χ1v) is 6.14. The van der Waals surface area contributed by atoms with Crippen molar-refractivity contribution >= 4 is 5.91 Å². The molecule has 3 nitrogen and oxygen atoms in total. The van der Waals surface area contributed by atoms with Gasteiger partial charge in [0, 0.05) is 7.05 Å². The second-order valence-electron chi connectivity index (χ2n) is 4.67. The topological polar surface area (TPSA) is 41.1 Å². The molecule has 3 atom stereocenters. The van der Waals surface area contributed by atoms with Gasteiger partial charge >= 0.3 is 0 Å². The van der Waals surface area contributed by atoms with Crippen LogP contribution in [-0.4, -0.2) is 25.5 Å². The monoisotopic (exact) mass is 212 g/mol. The molecule has 1 heterocycles. The van der Waals surface area contributed by atoms with Crippen LogP contribution in [0.2, 0.25) is 0 Å². The summed E-state index contributed by atoms with van der Waals surface area (Å²) in [6, 6.07) is 0.0202. The van der Waals surface area contributed by atoms with Crippen LogP contribution >= 0.6 is 0 Å². The molecule has 3 heteroatoms. The Kier molecular flexibility index (Phi) is 5.09. The number of hydrogen-bond donors (Lipinski definition) is 2. The van der Waals surface area contributed by atoms with E-state index in [4.69, 9.17) is 0 Å². The van der Waals surface area contributed by atoms with E-state index in [9.17, 15) is 4.79 Å². The zero-order valence-corrected chi connectivity index (χ0v) is 10.2. The third kappa shape index (κ3) is 3.49. The van der Waals surface area contributed by atoms with Gasteiger partial charge in [-0.15, -0.1) is 0 Å². The van der Waals surface area contributed by atoms with Gasteiger partial charge in [0.2, 0.25) is 5.91 Å². The van der Waals surface area contributed by atoms with E-state index >= 15 is 0 Å². The first-order valence-electron chi connectivity index (χ1n) is 6.14. The lowest BCUT2D eigenvalue weighted by Gasteiger charge is -2.21. The Balaban J connectivity index is 2.52. The molecule has 1 amide bonds. The third-order valence-electron chi connectivity index (χ3n) is 3.54. The molecule has 1 fully saturated rings. The number of carbonyl (C=O) groups is 1. The number of rotatable bonds is 3. The predicted molar refractivity (Wildman–Crippen MR) is 62.7 cm³/mol. The number of nitrogens with one attached hydrogen (secondary N) is 2. The molecule has 1 rings (SSSR count). The van der Waals surface area contributed by atoms with E-state index in [2.05, 4.69) is 24.5 Å². The van der Waals surface area contributed by atoms with Gasteiger partial charge in [-0.05, 0) is 31.2 Å². The second-order valence-corrected chi connectivity index (χ2v) is 4.67. The predicted octanol–water partition coefficient (Wildman–Crippen LogP) is 1.54. The number of hydrogen-bond acceptors (Lipinski definition) is 2. The maximum absolute atomic E-state index is 11.6. The van der Waals surface area contributed by atoms with Crippen molar-refractivity contribution in [1.82, 2.24) is 10.6 Å². The zero-order chi connectivity index (χ0) is 11.3. The normalized spacial score (nSPS) is 32.1. The highest BCUT2D eigenvalue weighted by atomic mass is 16.2. The smallest absolute Gasteiger partial charge is 0.236 e. The minimum Gasteiger partial charge on any atom is -0.358 e. The standard InChI is InChI=1S/C12H24N2O/c1-4-5-10-6-7-14-11(8-9(10)2)12(15)13-3/h9-11,14H,4-8H2,1-3H3,(H,13,15)/t9?,10?,11-/m0/s1. The molecule has 1 saturated heterocycles. The zero-order valence-electron chi connectivity index (χ0n) is 10.2. The molecule has 0 aromatic carbocycles. The Labute approximate surface area is 93.0 Å². The fourth-order valence-corrected chi connectivity index (χ4v) is 2.55. The van der Waals surface area contributed by atoms with Gasteiger partial charge in [0.05, 0.1) is 6.04 Å². The van der Waals surface area contributed by atoms with E-state index in [1.807, 2.05) is 0 Å². The minimum atomic E-state index is 0.0202. The summed E-state index contributed by atoms with van der Waals surface area (Å²) < 4.78 is 0. The molecule has 0 aromatic rings. The van der Waals surface area contributed by atoms with Gasteiger partial charge in [-0.2, -0.15) is 0 Å². The van der Waals surface area contributed by atoms with Gasteiger partial charge in [0.15, 0.2) is 0 Å². The lowest BCUT2D eigenvalue weighted by Crippen LogP contribution is -2.42. The van der Waals surface area contributed by atoms with Crippen molar-refractivity contribution in [2.24, 2.45) is 11.8 Å². The van der Waals surface area contributed by atoms with Gasteiger partial charge in [-0.1, -0.05) is 26.7 Å². The second kappa shape index (κ2) is 6.11. The van der Waals surface area contributed by atoms with Crippen LogP contribution < -0.4 is 10.6 Å². The van der Waals surface area contributed by atoms with Gasteiger partial charge in [0.25, 0.3) is 0 Å². The van der Waals surface area contributed by atoms with Gasteiger partial charge in [0.1, 0.15) is 0 Å². The quantitative estimate of drug-likeness (QED) is 0.745. The molecule has 15 heavy (non-hydrogen) atoms. The summed E-state index contributed by atoms with van der Waals surface area (Å²) in [6.45, 7) is 5.50. The lowest BCUT2D eigenvalue weighted by atomic mass is 9.85. The van der Waals surface area contributed by atoms with Gasteiger partial charge in [-0.3, -0.25) is 4.79 Å². The Hall–Kier alpha value is -0.570. The molecule has 1 aliphatic heterocycles. The first-order chi connectivity index (χ1) is 7.19. The van der Waals surface area contributed by atoms with Crippen molar-refractivity contribution in [2.75, 3.05) is 13.6 Å². The highest BCUT2D eigenvalue weighted by Gasteiger charge is 2.27. The molecule has 0 aromatic heterocycles. The first kappa shape index (κ1) is 12.5. The highest BCUT2D eigenvalue weighted by Crippen LogP contribution is 2.27. The maximum Gasteiger partial charge on any atom is 0.236 e. The number of amides is 1. The summed E-state index contributed by atoms with van der Waals surface area (Å²) in [5.74, 6) is 1.58. The molecule has 0 saturated carbocycles. The summed E-state index contributed by atoms with van der Waals surface area (Å²) in [4.78, 5) is 11.6. The van der Waals surface area contributed by atoms with E-state index in [1.54, 1.807) is 7.05 Å². The summed E-state index contributed by atoms with van der Waals surface area (Å²) in [5.41, 5.74) is 0. The molecule has 1 aliphatic rings. The molecule has 0 bridgehead atoms. The Morgan fingerprint density at radius 2 is 2.27 bits per heavy atom. The van der Waals surface area contributed by atoms with E-state index in [0.29, 0.717) is 5.92 Å². The summed E-state index contributed by atoms with van der Waals surface area (Å²) in [5, 5.41) is 6.07. The molecular formula is C12H24N2O. The van der Waals surface area contributed by atoms with Crippen molar-refractivity contribution < 1.29 is 4.79 Å². The third-order valence-corrected chi connectivity index (χ3v) is 3.54. The fourth-order valence-electron chi connectivity index (χ4n) is 2.55. The highest BCUT2D eigenvalue weighted by molar-refractivity contribution is 5.81. The Morgan fingerprint density at radius 3 is 2.87 bits per heavy atom. The largest absolute Gasteiger partial charge is 0.358 e. The molecular weight excluding hydrogens is 188 g/mol. The van der Waals surface area contributed by atoms with Crippen LogP contribution in [-0.2, 0) is 4.79 Å². The summed E-state index contributed by atoms with van der Waals surface area (Å²) in [6.07, 6.45) is 4.73. The average molecular weight is 212 g/mol. The van der Waals surface area contributed by atoms with E-state index in [0.717, 1.165) is 18.9 Å². The molecule has 88 valence electrons. The van der Waals surface area contributed by atoms with Crippen molar-refractivity contribution in [3.05, 3.63) is 0 Å². The molecule has 2 N–H and O–H groups in total. The lowest BCUT2D eigenvalue weighted by molar-refractivity contribution is -0.122. The van der Waals surface area contributed by atoms with E-state index < -0.39 is 0 Å². The van der Waals surface area contributed by atoms with Crippen molar-refractivity contribution in [3.63, 3.8) is 0 Å². The Bertz CT molecular complexity index is 206. The minimum absolute atomic E-state index is 0.0202. The van der Waals surface area contributed by atoms with Crippen molar-refractivity contribution in [2.45, 2.75) is 45.6 Å². The molecule has 0 spiro atoms. The summed E-state index contributed by atoms with van der Waals surface area (Å²) >= 11 is 0. The SMILES string of the molecule is CCCC1CCN[C@H](C(=O)NC)CC1C. The Morgan fingerprint density at radius 1 is 1.53 bits per heavy atom. The van der Waals surface area contributed by atoms with E-state index in [-0.39, 0.29) is 11.9 Å².